The molecule has 22 heavy (non-hydrogen) atoms. The van der Waals surface area contributed by atoms with Crippen LogP contribution in [0.2, 0.25) is 0 Å². The fraction of sp³-hybridized carbons (Fsp3) is 0.375. The Hall–Kier alpha value is -1.76. The van der Waals surface area contributed by atoms with Crippen LogP contribution in [0.5, 0.6) is 0 Å². The van der Waals surface area contributed by atoms with Gasteiger partial charge in [0.25, 0.3) is 0 Å². The van der Waals surface area contributed by atoms with E-state index in [1.807, 2.05) is 16.8 Å². The van der Waals surface area contributed by atoms with Gasteiger partial charge in [-0.1, -0.05) is 18.2 Å². The van der Waals surface area contributed by atoms with Gasteiger partial charge in [-0.2, -0.15) is 5.10 Å². The fourth-order valence-electron chi connectivity index (χ4n) is 2.36. The van der Waals surface area contributed by atoms with Crippen molar-refractivity contribution < 1.29 is 5.11 Å². The molecule has 116 valence electrons. The smallest absolute Gasteiger partial charge is 0.137 e. The first kappa shape index (κ1) is 15.1. The van der Waals surface area contributed by atoms with Gasteiger partial charge in [-0.25, -0.2) is 4.98 Å². The summed E-state index contributed by atoms with van der Waals surface area (Å²) in [7, 11) is 0. The van der Waals surface area contributed by atoms with Gasteiger partial charge < -0.3 is 10.4 Å². The van der Waals surface area contributed by atoms with Gasteiger partial charge in [0.05, 0.1) is 0 Å². The standard InChI is InChI=1S/C16H20N4OS/c1-12(6-7-20-11-17-10-19-20)18-9-14(21)16-8-13-4-2-3-5-15(13)22-16/h2-5,8,10-12,14,18,21H,6-7,9H2,1H3. The quantitative estimate of drug-likeness (QED) is 0.703. The van der Waals surface area contributed by atoms with E-state index in [1.54, 1.807) is 24.0 Å². The molecule has 0 saturated heterocycles. The molecule has 3 rings (SSSR count). The molecule has 0 fully saturated rings. The van der Waals surface area contributed by atoms with Gasteiger partial charge in [0.2, 0.25) is 0 Å². The lowest BCUT2D eigenvalue weighted by Crippen LogP contribution is -2.31. The van der Waals surface area contributed by atoms with Crippen LogP contribution >= 0.6 is 11.3 Å². The van der Waals surface area contributed by atoms with E-state index in [4.69, 9.17) is 0 Å². The summed E-state index contributed by atoms with van der Waals surface area (Å²) in [4.78, 5) is 4.94. The summed E-state index contributed by atoms with van der Waals surface area (Å²) in [6.45, 7) is 3.51. The lowest BCUT2D eigenvalue weighted by atomic mass is 10.2. The lowest BCUT2D eigenvalue weighted by Gasteiger charge is -2.16. The van der Waals surface area contributed by atoms with Crippen molar-refractivity contribution >= 4 is 21.4 Å². The Morgan fingerprint density at radius 1 is 1.36 bits per heavy atom. The summed E-state index contributed by atoms with van der Waals surface area (Å²) in [6.07, 6.45) is 3.75. The first-order chi connectivity index (χ1) is 10.7. The highest BCUT2D eigenvalue weighted by atomic mass is 32.1. The predicted octanol–water partition coefficient (Wildman–Crippen LogP) is 2.59. The van der Waals surface area contributed by atoms with E-state index in [1.165, 1.54) is 10.1 Å². The monoisotopic (exact) mass is 316 g/mol. The number of hydrogen-bond acceptors (Lipinski definition) is 5. The second kappa shape index (κ2) is 7.00. The molecule has 3 aromatic rings. The number of hydrogen-bond donors (Lipinski definition) is 2. The summed E-state index contributed by atoms with van der Waals surface area (Å²) in [5.74, 6) is 0. The second-order valence-electron chi connectivity index (χ2n) is 5.46. The molecule has 2 aromatic heterocycles. The second-order valence-corrected chi connectivity index (χ2v) is 6.57. The van der Waals surface area contributed by atoms with Crippen molar-refractivity contribution in [2.24, 2.45) is 0 Å². The number of aliphatic hydroxyl groups excluding tert-OH is 1. The summed E-state index contributed by atoms with van der Waals surface area (Å²) < 4.78 is 3.04. The molecule has 2 heterocycles. The number of aliphatic hydroxyl groups is 1. The van der Waals surface area contributed by atoms with Crippen molar-refractivity contribution in [3.63, 3.8) is 0 Å². The van der Waals surface area contributed by atoms with Crippen molar-refractivity contribution in [2.75, 3.05) is 6.54 Å². The molecular weight excluding hydrogens is 296 g/mol. The molecule has 2 N–H and O–H groups in total. The zero-order valence-electron chi connectivity index (χ0n) is 12.5. The molecule has 1 aromatic carbocycles. The van der Waals surface area contributed by atoms with Crippen molar-refractivity contribution in [1.29, 1.82) is 0 Å². The summed E-state index contributed by atoms with van der Waals surface area (Å²) >= 11 is 1.66. The number of rotatable bonds is 7. The molecular formula is C16H20N4OS. The number of aryl methyl sites for hydroxylation is 1. The van der Waals surface area contributed by atoms with E-state index >= 15 is 0 Å². The van der Waals surface area contributed by atoms with Crippen molar-refractivity contribution in [2.45, 2.75) is 32.0 Å². The number of fused-ring (bicyclic) bond motifs is 1. The van der Waals surface area contributed by atoms with E-state index in [0.717, 1.165) is 17.8 Å². The molecule has 0 spiro atoms. The van der Waals surface area contributed by atoms with Crippen LogP contribution in [0.1, 0.15) is 24.3 Å². The minimum Gasteiger partial charge on any atom is -0.386 e. The SMILES string of the molecule is CC(CCn1cncn1)NCC(O)c1cc2ccccc2s1. The average Bonchev–Trinajstić information content (AvgIpc) is 3.19. The van der Waals surface area contributed by atoms with Gasteiger partial charge >= 0.3 is 0 Å². The molecule has 2 unspecified atom stereocenters. The Morgan fingerprint density at radius 2 is 2.23 bits per heavy atom. The van der Waals surface area contributed by atoms with Crippen LogP contribution in [0.25, 0.3) is 10.1 Å². The molecule has 0 aliphatic carbocycles. The normalized spacial score (nSPS) is 14.3. The number of thiophene rings is 1. The van der Waals surface area contributed by atoms with Crippen molar-refractivity contribution in [1.82, 2.24) is 20.1 Å². The van der Waals surface area contributed by atoms with Crippen molar-refractivity contribution in [3.05, 3.63) is 47.9 Å². The molecule has 0 amide bonds. The highest BCUT2D eigenvalue weighted by Crippen LogP contribution is 2.29. The summed E-state index contributed by atoms with van der Waals surface area (Å²) in [5.41, 5.74) is 0. The van der Waals surface area contributed by atoms with Gasteiger partial charge in [0.15, 0.2) is 0 Å². The van der Waals surface area contributed by atoms with E-state index in [2.05, 4.69) is 40.5 Å². The molecule has 0 aliphatic heterocycles. The molecule has 5 nitrogen and oxygen atoms in total. The highest BCUT2D eigenvalue weighted by molar-refractivity contribution is 7.19. The molecule has 0 bridgehead atoms. The number of nitrogens with zero attached hydrogens (tertiary/aromatic N) is 3. The fourth-order valence-corrected chi connectivity index (χ4v) is 3.41. The third-order valence-corrected chi connectivity index (χ3v) is 4.91. The third-order valence-electron chi connectivity index (χ3n) is 3.69. The van der Waals surface area contributed by atoms with E-state index in [9.17, 15) is 5.11 Å². The Morgan fingerprint density at radius 3 is 3.00 bits per heavy atom. The predicted molar refractivity (Wildman–Crippen MR) is 88.9 cm³/mol. The van der Waals surface area contributed by atoms with Gasteiger partial charge in [-0.05, 0) is 30.9 Å². The minimum absolute atomic E-state index is 0.313. The van der Waals surface area contributed by atoms with Crippen LogP contribution < -0.4 is 5.32 Å². The maximum atomic E-state index is 10.3. The van der Waals surface area contributed by atoms with E-state index in [0.29, 0.717) is 12.6 Å². The van der Waals surface area contributed by atoms with Gasteiger partial charge in [-0.15, -0.1) is 11.3 Å². The van der Waals surface area contributed by atoms with Gasteiger partial charge in [-0.3, -0.25) is 4.68 Å². The van der Waals surface area contributed by atoms with Crippen LogP contribution in [-0.2, 0) is 6.54 Å². The topological polar surface area (TPSA) is 63.0 Å². The first-order valence-corrected chi connectivity index (χ1v) is 8.26. The minimum atomic E-state index is -0.466. The molecule has 0 saturated carbocycles. The summed E-state index contributed by atoms with van der Waals surface area (Å²) in [6, 6.07) is 10.6. The van der Waals surface area contributed by atoms with Crippen LogP contribution in [-0.4, -0.2) is 32.5 Å². The molecule has 0 aliphatic rings. The Kier molecular flexibility index (Phi) is 4.82. The largest absolute Gasteiger partial charge is 0.386 e. The average molecular weight is 316 g/mol. The number of benzene rings is 1. The number of aromatic nitrogens is 3. The van der Waals surface area contributed by atoms with Crippen LogP contribution in [0, 0.1) is 0 Å². The van der Waals surface area contributed by atoms with Crippen molar-refractivity contribution in [3.8, 4) is 0 Å². The van der Waals surface area contributed by atoms with Crippen LogP contribution in [0.15, 0.2) is 43.0 Å². The van der Waals surface area contributed by atoms with Crippen LogP contribution in [0.3, 0.4) is 0 Å². The molecule has 6 heteroatoms. The lowest BCUT2D eigenvalue weighted by molar-refractivity contribution is 0.173. The first-order valence-electron chi connectivity index (χ1n) is 7.44. The highest BCUT2D eigenvalue weighted by Gasteiger charge is 2.12. The van der Waals surface area contributed by atoms with Crippen LogP contribution in [0.4, 0.5) is 0 Å². The maximum Gasteiger partial charge on any atom is 0.137 e. The summed E-state index contributed by atoms with van der Waals surface area (Å²) in [5, 5.41) is 19.0. The maximum absolute atomic E-state index is 10.3. The van der Waals surface area contributed by atoms with Gasteiger partial charge in [0, 0.05) is 28.7 Å². The molecule has 2 atom stereocenters. The third kappa shape index (κ3) is 3.71. The van der Waals surface area contributed by atoms with E-state index < -0.39 is 6.10 Å². The Bertz CT molecular complexity index is 677. The van der Waals surface area contributed by atoms with Gasteiger partial charge in [0.1, 0.15) is 18.8 Å². The molecule has 0 radical (unpaired) electrons. The number of nitrogens with one attached hydrogen (secondary N) is 1. The Balaban J connectivity index is 1.49. The zero-order valence-corrected chi connectivity index (χ0v) is 13.3. The van der Waals surface area contributed by atoms with E-state index in [-0.39, 0.29) is 0 Å². The Labute approximate surface area is 133 Å². The zero-order chi connectivity index (χ0) is 15.4.